The lowest BCUT2D eigenvalue weighted by Crippen LogP contribution is -2.44. The number of hydrogen-bond donors (Lipinski definition) is 1. The predicted molar refractivity (Wildman–Crippen MR) is 99.4 cm³/mol. The molecule has 1 aromatic heterocycles. The van der Waals surface area contributed by atoms with E-state index in [0.29, 0.717) is 13.0 Å². The molecule has 0 fully saturated rings. The fraction of sp³-hybridized carbons (Fsp3) is 0.143. The summed E-state index contributed by atoms with van der Waals surface area (Å²) in [5.74, 6) is 0.899. The molecule has 0 radical (unpaired) electrons. The van der Waals surface area contributed by atoms with Crippen molar-refractivity contribution in [1.29, 1.82) is 0 Å². The number of carbonyl (C=O) groups is 1. The summed E-state index contributed by atoms with van der Waals surface area (Å²) in [6, 6.07) is 22.8. The van der Waals surface area contributed by atoms with E-state index in [4.69, 9.17) is 10.2 Å². The molecule has 4 rings (SSSR count). The van der Waals surface area contributed by atoms with Crippen LogP contribution in [0.1, 0.15) is 16.9 Å². The number of benzene rings is 2. The van der Waals surface area contributed by atoms with Crippen LogP contribution in [-0.2, 0) is 16.8 Å². The molecule has 0 saturated heterocycles. The van der Waals surface area contributed by atoms with Gasteiger partial charge in [-0.15, -0.1) is 0 Å². The summed E-state index contributed by atoms with van der Waals surface area (Å²) in [7, 11) is 0. The number of furan rings is 1. The molecule has 0 unspecified atom stereocenters. The zero-order valence-electron chi connectivity index (χ0n) is 14.2. The van der Waals surface area contributed by atoms with Gasteiger partial charge in [0.15, 0.2) is 11.5 Å². The van der Waals surface area contributed by atoms with Crippen molar-refractivity contribution in [2.24, 2.45) is 10.7 Å². The van der Waals surface area contributed by atoms with Gasteiger partial charge in [-0.1, -0.05) is 60.7 Å². The second kappa shape index (κ2) is 6.52. The fourth-order valence-corrected chi connectivity index (χ4v) is 3.37. The lowest BCUT2D eigenvalue weighted by Gasteiger charge is -2.27. The zero-order chi connectivity index (χ0) is 18.0. The molecule has 0 atom stereocenters. The zero-order valence-corrected chi connectivity index (χ0v) is 14.2. The summed E-state index contributed by atoms with van der Waals surface area (Å²) < 4.78 is 5.37. The van der Waals surface area contributed by atoms with Gasteiger partial charge in [-0.05, 0) is 23.3 Å². The van der Waals surface area contributed by atoms with E-state index >= 15 is 0 Å². The fourth-order valence-electron chi connectivity index (χ4n) is 3.37. The molecular formula is C21H19N3O2. The average molecular weight is 345 g/mol. The van der Waals surface area contributed by atoms with Crippen molar-refractivity contribution in [2.75, 3.05) is 6.54 Å². The molecule has 0 spiro atoms. The van der Waals surface area contributed by atoms with Crippen molar-refractivity contribution < 1.29 is 9.21 Å². The third-order valence-electron chi connectivity index (χ3n) is 4.66. The van der Waals surface area contributed by atoms with Gasteiger partial charge in [0.1, 0.15) is 5.76 Å². The molecule has 5 heteroatoms. The third kappa shape index (κ3) is 2.58. The SMILES string of the molecule is NC1=NC(c2ccccc2)(c2ccccc2)C(=O)N1CCc1ccco1. The van der Waals surface area contributed by atoms with E-state index in [1.54, 1.807) is 11.2 Å². The van der Waals surface area contributed by atoms with Crippen LogP contribution >= 0.6 is 0 Å². The van der Waals surface area contributed by atoms with E-state index in [0.717, 1.165) is 16.9 Å². The van der Waals surface area contributed by atoms with Gasteiger partial charge < -0.3 is 10.2 Å². The van der Waals surface area contributed by atoms with E-state index in [9.17, 15) is 4.79 Å². The Bertz CT molecular complexity index is 879. The first-order valence-electron chi connectivity index (χ1n) is 8.52. The van der Waals surface area contributed by atoms with E-state index < -0.39 is 5.54 Å². The highest BCUT2D eigenvalue weighted by Crippen LogP contribution is 2.39. The molecule has 26 heavy (non-hydrogen) atoms. The minimum absolute atomic E-state index is 0.140. The van der Waals surface area contributed by atoms with E-state index in [2.05, 4.69) is 4.99 Å². The largest absolute Gasteiger partial charge is 0.469 e. The Morgan fingerprint density at radius 2 is 1.54 bits per heavy atom. The maximum atomic E-state index is 13.5. The van der Waals surface area contributed by atoms with Gasteiger partial charge in [0.05, 0.1) is 6.26 Å². The van der Waals surface area contributed by atoms with Crippen molar-refractivity contribution in [3.63, 3.8) is 0 Å². The van der Waals surface area contributed by atoms with Gasteiger partial charge in [-0.2, -0.15) is 0 Å². The molecule has 2 N–H and O–H groups in total. The van der Waals surface area contributed by atoms with Crippen molar-refractivity contribution in [3.05, 3.63) is 95.9 Å². The number of rotatable bonds is 5. The van der Waals surface area contributed by atoms with Crippen LogP contribution in [0.5, 0.6) is 0 Å². The van der Waals surface area contributed by atoms with Gasteiger partial charge in [-0.25, -0.2) is 4.99 Å². The van der Waals surface area contributed by atoms with Crippen LogP contribution < -0.4 is 5.73 Å². The summed E-state index contributed by atoms with van der Waals surface area (Å²) >= 11 is 0. The molecule has 2 heterocycles. The van der Waals surface area contributed by atoms with Crippen LogP contribution in [0.15, 0.2) is 88.5 Å². The molecule has 1 aliphatic heterocycles. The summed E-state index contributed by atoms with van der Waals surface area (Å²) in [5, 5.41) is 0. The Labute approximate surface area is 151 Å². The molecule has 2 aromatic carbocycles. The smallest absolute Gasteiger partial charge is 0.266 e. The minimum atomic E-state index is -1.14. The standard InChI is InChI=1S/C21H19N3O2/c22-20-23-21(16-8-3-1-4-9-16,17-10-5-2-6-11-17)19(25)24(20)14-13-18-12-7-15-26-18/h1-12,15H,13-14H2,(H2,22,23). The van der Waals surface area contributed by atoms with Crippen LogP contribution in [0.3, 0.4) is 0 Å². The van der Waals surface area contributed by atoms with Crippen molar-refractivity contribution >= 4 is 11.9 Å². The second-order valence-electron chi connectivity index (χ2n) is 6.20. The predicted octanol–water partition coefficient (Wildman–Crippen LogP) is 2.92. The van der Waals surface area contributed by atoms with Gasteiger partial charge in [0, 0.05) is 13.0 Å². The number of nitrogens with two attached hydrogens (primary N) is 1. The van der Waals surface area contributed by atoms with Crippen molar-refractivity contribution in [3.8, 4) is 0 Å². The van der Waals surface area contributed by atoms with Crippen LogP contribution in [-0.4, -0.2) is 23.3 Å². The van der Waals surface area contributed by atoms with E-state index in [1.807, 2.05) is 72.8 Å². The first kappa shape index (κ1) is 16.1. The molecule has 0 aliphatic carbocycles. The van der Waals surface area contributed by atoms with Crippen LogP contribution in [0.4, 0.5) is 0 Å². The second-order valence-corrected chi connectivity index (χ2v) is 6.20. The lowest BCUT2D eigenvalue weighted by molar-refractivity contribution is -0.130. The first-order valence-corrected chi connectivity index (χ1v) is 8.52. The topological polar surface area (TPSA) is 71.8 Å². The molecule has 1 amide bonds. The molecule has 1 aliphatic rings. The van der Waals surface area contributed by atoms with E-state index in [-0.39, 0.29) is 11.9 Å². The third-order valence-corrected chi connectivity index (χ3v) is 4.66. The normalized spacial score (nSPS) is 15.9. The van der Waals surface area contributed by atoms with Crippen LogP contribution in [0.25, 0.3) is 0 Å². The number of hydrogen-bond acceptors (Lipinski definition) is 4. The number of aliphatic imine (C=N–C) groups is 1. The molecule has 0 saturated carbocycles. The minimum Gasteiger partial charge on any atom is -0.469 e. The van der Waals surface area contributed by atoms with Gasteiger partial charge in [0.25, 0.3) is 5.91 Å². The van der Waals surface area contributed by atoms with Gasteiger partial charge >= 0.3 is 0 Å². The maximum Gasteiger partial charge on any atom is 0.266 e. The molecule has 5 nitrogen and oxygen atoms in total. The Hall–Kier alpha value is -3.34. The number of nitrogens with zero attached hydrogens (tertiary/aromatic N) is 2. The Morgan fingerprint density at radius 3 is 2.08 bits per heavy atom. The highest BCUT2D eigenvalue weighted by Gasteiger charge is 2.50. The summed E-state index contributed by atoms with van der Waals surface area (Å²) in [6.07, 6.45) is 2.20. The quantitative estimate of drug-likeness (QED) is 0.773. The lowest BCUT2D eigenvalue weighted by atomic mass is 9.83. The van der Waals surface area contributed by atoms with Crippen LogP contribution in [0.2, 0.25) is 0 Å². The van der Waals surface area contributed by atoms with Crippen molar-refractivity contribution in [1.82, 2.24) is 4.90 Å². The Morgan fingerprint density at radius 1 is 0.923 bits per heavy atom. The van der Waals surface area contributed by atoms with Crippen molar-refractivity contribution in [2.45, 2.75) is 12.0 Å². The molecule has 3 aromatic rings. The Balaban J connectivity index is 1.74. The summed E-state index contributed by atoms with van der Waals surface area (Å²) in [4.78, 5) is 19.7. The highest BCUT2D eigenvalue weighted by molar-refractivity contribution is 6.09. The highest BCUT2D eigenvalue weighted by atomic mass is 16.3. The molecule has 130 valence electrons. The molecule has 0 bridgehead atoms. The number of carbonyl (C=O) groups excluding carboxylic acids is 1. The maximum absolute atomic E-state index is 13.5. The summed E-state index contributed by atoms with van der Waals surface area (Å²) in [5.41, 5.74) is 6.65. The average Bonchev–Trinajstić information content (AvgIpc) is 3.29. The number of amides is 1. The first-order chi connectivity index (χ1) is 12.7. The van der Waals surface area contributed by atoms with E-state index in [1.165, 1.54) is 0 Å². The van der Waals surface area contributed by atoms with Gasteiger partial charge in [-0.3, -0.25) is 9.69 Å². The Kier molecular flexibility index (Phi) is 4.05. The van der Waals surface area contributed by atoms with Gasteiger partial charge in [0.2, 0.25) is 0 Å². The monoisotopic (exact) mass is 345 g/mol. The van der Waals surface area contributed by atoms with Crippen LogP contribution in [0, 0.1) is 0 Å². The summed E-state index contributed by atoms with van der Waals surface area (Å²) in [6.45, 7) is 0.420. The molecular weight excluding hydrogens is 326 g/mol. The number of guanidine groups is 1.